The van der Waals surface area contributed by atoms with Crippen LogP contribution in [-0.2, 0) is 4.79 Å². The molecule has 0 saturated carbocycles. The van der Waals surface area contributed by atoms with Crippen LogP contribution in [0.4, 0.5) is 5.69 Å². The summed E-state index contributed by atoms with van der Waals surface area (Å²) in [7, 11) is 1.52. The van der Waals surface area contributed by atoms with Gasteiger partial charge in [-0.25, -0.2) is 0 Å². The number of nitrogens with zero attached hydrogens (tertiary/aromatic N) is 1. The Morgan fingerprint density at radius 3 is 2.71 bits per heavy atom. The molecular weight excluding hydrogens is 356 g/mol. The minimum Gasteiger partial charge on any atom is -0.494 e. The summed E-state index contributed by atoms with van der Waals surface area (Å²) in [6.45, 7) is 6.35. The molecule has 1 amide bonds. The number of methoxy groups -OCH3 is 1. The monoisotopic (exact) mass is 378 g/mol. The zero-order valence-corrected chi connectivity index (χ0v) is 15.9. The quantitative estimate of drug-likeness (QED) is 0.402. The fourth-order valence-corrected chi connectivity index (χ4v) is 2.39. The summed E-state index contributed by atoms with van der Waals surface area (Å²) in [5.41, 5.74) is 1.14. The van der Waals surface area contributed by atoms with Crippen molar-refractivity contribution in [1.82, 2.24) is 0 Å². The molecule has 2 aromatic carbocycles. The second kappa shape index (κ2) is 10.4. The van der Waals surface area contributed by atoms with Crippen LogP contribution in [0.2, 0.25) is 0 Å². The number of benzene rings is 2. The number of carbonyl (C=O) groups excluding carboxylic acids is 1. The van der Waals surface area contributed by atoms with Gasteiger partial charge >= 0.3 is 0 Å². The zero-order chi connectivity index (χ0) is 20.4. The van der Waals surface area contributed by atoms with Crippen molar-refractivity contribution in [2.75, 3.05) is 25.6 Å². The average Bonchev–Trinajstić information content (AvgIpc) is 2.71. The Balaban J connectivity index is 2.20. The van der Waals surface area contributed by atoms with Gasteiger partial charge in [0.2, 0.25) is 0 Å². The fourth-order valence-electron chi connectivity index (χ4n) is 2.39. The molecule has 0 spiro atoms. The third-order valence-electron chi connectivity index (χ3n) is 3.62. The second-order valence-electron chi connectivity index (χ2n) is 5.59. The highest BCUT2D eigenvalue weighted by molar-refractivity contribution is 6.09. The number of amides is 1. The molecule has 0 unspecified atom stereocenters. The molecule has 6 heteroatoms. The Kier molecular flexibility index (Phi) is 7.67. The number of nitriles is 1. The molecule has 0 aliphatic carbocycles. The molecule has 28 heavy (non-hydrogen) atoms. The SMILES string of the molecule is C=CCOc1ccc(/C=C(/C#N)C(=O)Nc2cccc(OCC)c2)cc1OC. The first-order chi connectivity index (χ1) is 13.6. The number of hydrogen-bond donors (Lipinski definition) is 1. The summed E-state index contributed by atoms with van der Waals surface area (Å²) in [5, 5.41) is 12.1. The lowest BCUT2D eigenvalue weighted by atomic mass is 10.1. The maximum Gasteiger partial charge on any atom is 0.266 e. The van der Waals surface area contributed by atoms with E-state index in [2.05, 4.69) is 11.9 Å². The van der Waals surface area contributed by atoms with E-state index in [-0.39, 0.29) is 5.57 Å². The Bertz CT molecular complexity index is 913. The van der Waals surface area contributed by atoms with Crippen LogP contribution < -0.4 is 19.5 Å². The highest BCUT2D eigenvalue weighted by atomic mass is 16.5. The molecule has 0 heterocycles. The van der Waals surface area contributed by atoms with Crippen LogP contribution in [0.3, 0.4) is 0 Å². The van der Waals surface area contributed by atoms with Crippen LogP contribution in [0.15, 0.2) is 60.7 Å². The maximum atomic E-state index is 12.5. The van der Waals surface area contributed by atoms with Crippen molar-refractivity contribution >= 4 is 17.7 Å². The number of ether oxygens (including phenoxy) is 3. The minimum absolute atomic E-state index is 0.0383. The van der Waals surface area contributed by atoms with Crippen molar-refractivity contribution in [3.05, 3.63) is 66.3 Å². The summed E-state index contributed by atoms with van der Waals surface area (Å²) in [4.78, 5) is 12.5. The van der Waals surface area contributed by atoms with Gasteiger partial charge in [-0.3, -0.25) is 4.79 Å². The van der Waals surface area contributed by atoms with Crippen LogP contribution in [0.1, 0.15) is 12.5 Å². The van der Waals surface area contributed by atoms with Gasteiger partial charge in [0.1, 0.15) is 24.0 Å². The minimum atomic E-state index is -0.512. The lowest BCUT2D eigenvalue weighted by Gasteiger charge is -2.10. The molecule has 1 N–H and O–H groups in total. The third kappa shape index (κ3) is 5.64. The second-order valence-corrected chi connectivity index (χ2v) is 5.59. The Hall–Kier alpha value is -3.72. The van der Waals surface area contributed by atoms with Gasteiger partial charge in [-0.2, -0.15) is 5.26 Å². The van der Waals surface area contributed by atoms with Crippen LogP contribution in [0, 0.1) is 11.3 Å². The Morgan fingerprint density at radius 1 is 1.21 bits per heavy atom. The Labute approximate surface area is 164 Å². The summed E-state index contributed by atoms with van der Waals surface area (Å²) < 4.78 is 16.2. The third-order valence-corrected chi connectivity index (χ3v) is 3.62. The van der Waals surface area contributed by atoms with Gasteiger partial charge in [-0.05, 0) is 42.8 Å². The van der Waals surface area contributed by atoms with E-state index in [1.165, 1.54) is 13.2 Å². The number of carbonyl (C=O) groups is 1. The highest BCUT2D eigenvalue weighted by Crippen LogP contribution is 2.29. The molecule has 0 saturated heterocycles. The molecule has 0 radical (unpaired) electrons. The predicted octanol–water partition coefficient (Wildman–Crippen LogP) is 4.20. The smallest absolute Gasteiger partial charge is 0.266 e. The van der Waals surface area contributed by atoms with Gasteiger partial charge in [0.25, 0.3) is 5.91 Å². The van der Waals surface area contributed by atoms with Crippen LogP contribution in [0.25, 0.3) is 6.08 Å². The van der Waals surface area contributed by atoms with Gasteiger partial charge in [-0.1, -0.05) is 24.8 Å². The number of nitrogens with one attached hydrogen (secondary N) is 1. The van der Waals surface area contributed by atoms with Gasteiger partial charge in [0.05, 0.1) is 13.7 Å². The van der Waals surface area contributed by atoms with Crippen LogP contribution in [0.5, 0.6) is 17.2 Å². The molecule has 2 aromatic rings. The normalized spacial score (nSPS) is 10.5. The van der Waals surface area contributed by atoms with Crippen LogP contribution >= 0.6 is 0 Å². The molecule has 0 aliphatic rings. The van der Waals surface area contributed by atoms with E-state index in [0.717, 1.165) is 0 Å². The van der Waals surface area contributed by atoms with Gasteiger partial charge in [0, 0.05) is 11.8 Å². The lowest BCUT2D eigenvalue weighted by Crippen LogP contribution is -2.13. The van der Waals surface area contributed by atoms with Crippen molar-refractivity contribution in [2.45, 2.75) is 6.92 Å². The van der Waals surface area contributed by atoms with E-state index < -0.39 is 5.91 Å². The molecule has 0 bridgehead atoms. The zero-order valence-electron chi connectivity index (χ0n) is 15.9. The van der Waals surface area contributed by atoms with Crippen molar-refractivity contribution in [3.63, 3.8) is 0 Å². The van der Waals surface area contributed by atoms with Crippen molar-refractivity contribution in [1.29, 1.82) is 5.26 Å². The summed E-state index contributed by atoms with van der Waals surface area (Å²) in [6, 6.07) is 14.1. The van der Waals surface area contributed by atoms with Crippen LogP contribution in [-0.4, -0.2) is 26.2 Å². The van der Waals surface area contributed by atoms with E-state index in [0.29, 0.717) is 41.7 Å². The molecule has 144 valence electrons. The first-order valence-electron chi connectivity index (χ1n) is 8.69. The molecule has 0 aliphatic heterocycles. The summed E-state index contributed by atoms with van der Waals surface area (Å²) >= 11 is 0. The summed E-state index contributed by atoms with van der Waals surface area (Å²) in [6.07, 6.45) is 3.12. The molecule has 2 rings (SSSR count). The topological polar surface area (TPSA) is 80.6 Å². The van der Waals surface area contributed by atoms with Gasteiger partial charge in [-0.15, -0.1) is 0 Å². The van der Waals surface area contributed by atoms with Crippen molar-refractivity contribution in [2.24, 2.45) is 0 Å². The standard InChI is InChI=1S/C22H22N2O4/c1-4-11-28-20-10-9-16(13-21(20)26-3)12-17(15-23)22(25)24-18-7-6-8-19(14-18)27-5-2/h4,6-10,12-14H,1,5,11H2,2-3H3,(H,24,25)/b17-12-. The van der Waals surface area contributed by atoms with Gasteiger partial charge < -0.3 is 19.5 Å². The Morgan fingerprint density at radius 2 is 2.04 bits per heavy atom. The molecule has 0 aromatic heterocycles. The highest BCUT2D eigenvalue weighted by Gasteiger charge is 2.11. The van der Waals surface area contributed by atoms with E-state index in [9.17, 15) is 10.1 Å². The fraction of sp³-hybridized carbons (Fsp3) is 0.182. The molecule has 0 fully saturated rings. The number of rotatable bonds is 9. The predicted molar refractivity (Wildman–Crippen MR) is 109 cm³/mol. The molecular formula is C22H22N2O4. The maximum absolute atomic E-state index is 12.5. The number of hydrogen-bond acceptors (Lipinski definition) is 5. The van der Waals surface area contributed by atoms with Gasteiger partial charge in [0.15, 0.2) is 11.5 Å². The first-order valence-corrected chi connectivity index (χ1v) is 8.69. The molecule has 6 nitrogen and oxygen atoms in total. The van der Waals surface area contributed by atoms with E-state index in [4.69, 9.17) is 14.2 Å². The van der Waals surface area contributed by atoms with E-state index in [1.54, 1.807) is 48.5 Å². The van der Waals surface area contributed by atoms with Crippen molar-refractivity contribution in [3.8, 4) is 23.3 Å². The van der Waals surface area contributed by atoms with Crippen molar-refractivity contribution < 1.29 is 19.0 Å². The van der Waals surface area contributed by atoms with E-state index in [1.807, 2.05) is 13.0 Å². The average molecular weight is 378 g/mol. The summed E-state index contributed by atoms with van der Waals surface area (Å²) in [5.74, 6) is 1.18. The first kappa shape index (κ1) is 20.6. The number of anilines is 1. The van der Waals surface area contributed by atoms with E-state index >= 15 is 0 Å². The largest absolute Gasteiger partial charge is 0.494 e. The molecule has 0 atom stereocenters. The lowest BCUT2D eigenvalue weighted by molar-refractivity contribution is -0.112.